The van der Waals surface area contributed by atoms with Crippen LogP contribution in [0.2, 0.25) is 5.15 Å². The van der Waals surface area contributed by atoms with Gasteiger partial charge in [-0.05, 0) is 31.2 Å². The molecule has 0 unspecified atom stereocenters. The number of halogens is 1. The standard InChI is InChI=1S/C13H13ClN2O3S/c1-3-19-9-6-4-8(5-7-9)15-13-16-11(14)10(20-13)12(17)18-2/h4-7H,3H2,1-2H3,(H,15,16). The molecule has 5 nitrogen and oxygen atoms in total. The van der Waals surface area contributed by atoms with E-state index in [1.165, 1.54) is 7.11 Å². The molecule has 106 valence electrons. The molecular weight excluding hydrogens is 300 g/mol. The largest absolute Gasteiger partial charge is 0.494 e. The first kappa shape index (κ1) is 14.6. The molecule has 0 amide bonds. The van der Waals surface area contributed by atoms with Crippen LogP contribution in [-0.4, -0.2) is 24.7 Å². The Hall–Kier alpha value is -1.79. The van der Waals surface area contributed by atoms with Crippen molar-refractivity contribution < 1.29 is 14.3 Å². The number of carbonyl (C=O) groups is 1. The van der Waals surface area contributed by atoms with Crippen LogP contribution in [0.4, 0.5) is 10.8 Å². The van der Waals surface area contributed by atoms with Gasteiger partial charge < -0.3 is 14.8 Å². The van der Waals surface area contributed by atoms with Gasteiger partial charge in [-0.15, -0.1) is 0 Å². The number of hydrogen-bond acceptors (Lipinski definition) is 6. The monoisotopic (exact) mass is 312 g/mol. The molecule has 0 aliphatic carbocycles. The van der Waals surface area contributed by atoms with Crippen LogP contribution in [0.15, 0.2) is 24.3 Å². The quantitative estimate of drug-likeness (QED) is 0.852. The van der Waals surface area contributed by atoms with E-state index in [0.717, 1.165) is 22.8 Å². The lowest BCUT2D eigenvalue weighted by molar-refractivity contribution is 0.0606. The first-order chi connectivity index (χ1) is 9.63. The minimum atomic E-state index is -0.493. The predicted molar refractivity (Wildman–Crippen MR) is 79.4 cm³/mol. The number of rotatable bonds is 5. The summed E-state index contributed by atoms with van der Waals surface area (Å²) >= 11 is 7.03. The van der Waals surface area contributed by atoms with Crippen molar-refractivity contribution in [3.05, 3.63) is 34.3 Å². The van der Waals surface area contributed by atoms with E-state index >= 15 is 0 Å². The third kappa shape index (κ3) is 3.40. The van der Waals surface area contributed by atoms with Crippen LogP contribution in [-0.2, 0) is 4.74 Å². The van der Waals surface area contributed by atoms with Crippen molar-refractivity contribution >= 4 is 39.7 Å². The lowest BCUT2D eigenvalue weighted by Crippen LogP contribution is -1.98. The first-order valence-electron chi connectivity index (χ1n) is 5.88. The normalized spacial score (nSPS) is 10.2. The zero-order valence-corrected chi connectivity index (χ0v) is 12.5. The number of methoxy groups -OCH3 is 1. The van der Waals surface area contributed by atoms with Crippen molar-refractivity contribution in [2.45, 2.75) is 6.92 Å². The maximum Gasteiger partial charge on any atom is 0.351 e. The molecule has 0 atom stereocenters. The Kier molecular flexibility index (Phi) is 4.81. The van der Waals surface area contributed by atoms with E-state index in [1.807, 2.05) is 31.2 Å². The molecule has 7 heteroatoms. The van der Waals surface area contributed by atoms with Crippen molar-refractivity contribution in [2.75, 3.05) is 19.0 Å². The second-order valence-electron chi connectivity index (χ2n) is 3.71. The van der Waals surface area contributed by atoms with Gasteiger partial charge in [-0.1, -0.05) is 22.9 Å². The van der Waals surface area contributed by atoms with Gasteiger partial charge in [-0.3, -0.25) is 0 Å². The van der Waals surface area contributed by atoms with Crippen molar-refractivity contribution in [1.82, 2.24) is 4.98 Å². The van der Waals surface area contributed by atoms with Gasteiger partial charge in [-0.25, -0.2) is 9.78 Å². The Bertz CT molecular complexity index is 598. The molecular formula is C13H13ClN2O3S. The number of carbonyl (C=O) groups excluding carboxylic acids is 1. The summed E-state index contributed by atoms with van der Waals surface area (Å²) in [6.07, 6.45) is 0. The van der Waals surface area contributed by atoms with Gasteiger partial charge in [0.25, 0.3) is 0 Å². The average molecular weight is 313 g/mol. The number of ether oxygens (including phenoxy) is 2. The van der Waals surface area contributed by atoms with E-state index in [4.69, 9.17) is 16.3 Å². The number of hydrogen-bond donors (Lipinski definition) is 1. The van der Waals surface area contributed by atoms with Crippen molar-refractivity contribution in [1.29, 1.82) is 0 Å². The molecule has 1 N–H and O–H groups in total. The predicted octanol–water partition coefficient (Wildman–Crippen LogP) is 3.73. The Morgan fingerprint density at radius 2 is 2.10 bits per heavy atom. The highest BCUT2D eigenvalue weighted by atomic mass is 35.5. The van der Waals surface area contributed by atoms with Gasteiger partial charge in [-0.2, -0.15) is 0 Å². The minimum absolute atomic E-state index is 0.135. The fraction of sp³-hybridized carbons (Fsp3) is 0.231. The molecule has 0 bridgehead atoms. The molecule has 0 spiro atoms. The SMILES string of the molecule is CCOc1ccc(Nc2nc(Cl)c(C(=O)OC)s2)cc1. The molecule has 0 saturated carbocycles. The number of nitrogens with zero attached hydrogens (tertiary/aromatic N) is 1. The number of thiazole rings is 1. The van der Waals surface area contributed by atoms with Crippen LogP contribution in [0.3, 0.4) is 0 Å². The lowest BCUT2D eigenvalue weighted by Gasteiger charge is -2.05. The molecule has 2 rings (SSSR count). The van der Waals surface area contributed by atoms with Gasteiger partial charge in [0.15, 0.2) is 15.2 Å². The molecule has 1 heterocycles. The fourth-order valence-corrected chi connectivity index (χ4v) is 2.62. The van der Waals surface area contributed by atoms with Crippen LogP contribution < -0.4 is 10.1 Å². The number of aromatic nitrogens is 1. The van der Waals surface area contributed by atoms with E-state index in [2.05, 4.69) is 15.0 Å². The van der Waals surface area contributed by atoms with Gasteiger partial charge in [0, 0.05) is 5.69 Å². The summed E-state index contributed by atoms with van der Waals surface area (Å²) in [6.45, 7) is 2.55. The number of esters is 1. The number of anilines is 2. The van der Waals surface area contributed by atoms with Gasteiger partial charge in [0.1, 0.15) is 5.75 Å². The molecule has 0 saturated heterocycles. The molecule has 0 aliphatic rings. The first-order valence-corrected chi connectivity index (χ1v) is 7.08. The molecule has 0 radical (unpaired) electrons. The van der Waals surface area contributed by atoms with E-state index in [0.29, 0.717) is 11.7 Å². The van der Waals surface area contributed by atoms with E-state index in [-0.39, 0.29) is 10.0 Å². The zero-order chi connectivity index (χ0) is 14.5. The zero-order valence-electron chi connectivity index (χ0n) is 11.0. The van der Waals surface area contributed by atoms with E-state index in [1.54, 1.807) is 0 Å². The molecule has 0 aliphatic heterocycles. The van der Waals surface area contributed by atoms with Crippen LogP contribution in [0.5, 0.6) is 5.75 Å². The highest BCUT2D eigenvalue weighted by Gasteiger charge is 2.17. The second-order valence-corrected chi connectivity index (χ2v) is 5.07. The topological polar surface area (TPSA) is 60.5 Å². The lowest BCUT2D eigenvalue weighted by atomic mass is 10.3. The van der Waals surface area contributed by atoms with Crippen LogP contribution in [0.25, 0.3) is 0 Å². The molecule has 0 fully saturated rings. The molecule has 1 aromatic carbocycles. The van der Waals surface area contributed by atoms with E-state index in [9.17, 15) is 4.79 Å². The van der Waals surface area contributed by atoms with Crippen molar-refractivity contribution in [3.8, 4) is 5.75 Å². The summed E-state index contributed by atoms with van der Waals surface area (Å²) in [7, 11) is 1.30. The van der Waals surface area contributed by atoms with Gasteiger partial charge in [0.2, 0.25) is 0 Å². The summed E-state index contributed by atoms with van der Waals surface area (Å²) in [6, 6.07) is 7.42. The smallest absolute Gasteiger partial charge is 0.351 e. The maximum absolute atomic E-state index is 11.4. The highest BCUT2D eigenvalue weighted by molar-refractivity contribution is 7.18. The number of nitrogens with one attached hydrogen (secondary N) is 1. The minimum Gasteiger partial charge on any atom is -0.494 e. The third-order valence-electron chi connectivity index (χ3n) is 2.37. The fourth-order valence-electron chi connectivity index (χ4n) is 1.50. The third-order valence-corrected chi connectivity index (χ3v) is 3.71. The Labute approximate surface area is 125 Å². The molecule has 1 aromatic heterocycles. The second kappa shape index (κ2) is 6.58. The summed E-state index contributed by atoms with van der Waals surface area (Å²) in [4.78, 5) is 15.8. The Morgan fingerprint density at radius 1 is 1.40 bits per heavy atom. The van der Waals surface area contributed by atoms with Crippen molar-refractivity contribution in [3.63, 3.8) is 0 Å². The average Bonchev–Trinajstić information content (AvgIpc) is 2.81. The summed E-state index contributed by atoms with van der Waals surface area (Å²) in [5, 5.41) is 3.73. The van der Waals surface area contributed by atoms with E-state index < -0.39 is 5.97 Å². The molecule has 20 heavy (non-hydrogen) atoms. The Balaban J connectivity index is 2.11. The summed E-state index contributed by atoms with van der Waals surface area (Å²) in [5.74, 6) is 0.303. The number of benzene rings is 1. The van der Waals surface area contributed by atoms with Crippen LogP contribution in [0, 0.1) is 0 Å². The summed E-state index contributed by atoms with van der Waals surface area (Å²) < 4.78 is 9.98. The Morgan fingerprint density at radius 3 is 2.70 bits per heavy atom. The summed E-state index contributed by atoms with van der Waals surface area (Å²) in [5.41, 5.74) is 0.829. The highest BCUT2D eigenvalue weighted by Crippen LogP contribution is 2.30. The molecule has 2 aromatic rings. The maximum atomic E-state index is 11.4. The van der Waals surface area contributed by atoms with Crippen molar-refractivity contribution in [2.24, 2.45) is 0 Å². The van der Waals surface area contributed by atoms with Crippen LogP contribution >= 0.6 is 22.9 Å². The van der Waals surface area contributed by atoms with Crippen LogP contribution in [0.1, 0.15) is 16.6 Å². The van der Waals surface area contributed by atoms with Gasteiger partial charge in [0.05, 0.1) is 13.7 Å². The van der Waals surface area contributed by atoms with Gasteiger partial charge >= 0.3 is 5.97 Å².